The SMILES string of the molecule is COC(=O)[C@H]1CC2=CC(=O)CC[C@]2(C)[C@H]2CC[C@@]3(C)[C@@H](CC[C@]34CCC(=O)O4)C12. The van der Waals surface area contributed by atoms with E-state index in [9.17, 15) is 14.4 Å². The van der Waals surface area contributed by atoms with Gasteiger partial charge in [0.1, 0.15) is 5.60 Å². The van der Waals surface area contributed by atoms with Crippen LogP contribution in [0.1, 0.15) is 71.6 Å². The molecule has 5 aliphatic rings. The van der Waals surface area contributed by atoms with E-state index in [2.05, 4.69) is 13.8 Å². The van der Waals surface area contributed by atoms with Crippen molar-refractivity contribution < 1.29 is 23.9 Å². The van der Waals surface area contributed by atoms with E-state index >= 15 is 0 Å². The molecule has 29 heavy (non-hydrogen) atoms. The molecule has 1 unspecified atom stereocenters. The monoisotopic (exact) mass is 400 g/mol. The fraction of sp³-hybridized carbons (Fsp3) is 0.792. The summed E-state index contributed by atoms with van der Waals surface area (Å²) in [6.45, 7) is 4.63. The lowest BCUT2D eigenvalue weighted by molar-refractivity contribution is -0.177. The van der Waals surface area contributed by atoms with Gasteiger partial charge in [-0.3, -0.25) is 14.4 Å². The Bertz CT molecular complexity index is 814. The maximum Gasteiger partial charge on any atom is 0.309 e. The van der Waals surface area contributed by atoms with Crippen LogP contribution in [0.25, 0.3) is 0 Å². The van der Waals surface area contributed by atoms with E-state index in [0.29, 0.717) is 31.1 Å². The number of hydrogen-bond acceptors (Lipinski definition) is 5. The number of carbonyl (C=O) groups is 3. The van der Waals surface area contributed by atoms with E-state index in [-0.39, 0.29) is 46.0 Å². The van der Waals surface area contributed by atoms with Crippen LogP contribution in [0.4, 0.5) is 0 Å². The molecule has 1 aliphatic heterocycles. The van der Waals surface area contributed by atoms with Crippen LogP contribution in [0, 0.1) is 34.5 Å². The van der Waals surface area contributed by atoms with Crippen LogP contribution >= 0.6 is 0 Å². The number of fused-ring (bicyclic) bond motifs is 6. The molecule has 0 aromatic rings. The lowest BCUT2D eigenvalue weighted by Gasteiger charge is -2.60. The minimum Gasteiger partial charge on any atom is -0.469 e. The van der Waals surface area contributed by atoms with Crippen LogP contribution in [0.3, 0.4) is 0 Å². The predicted molar refractivity (Wildman–Crippen MR) is 106 cm³/mol. The second-order valence-corrected chi connectivity index (χ2v) is 10.6. The predicted octanol–water partition coefficient (Wildman–Crippen LogP) is 3.99. The second-order valence-electron chi connectivity index (χ2n) is 10.6. The first-order chi connectivity index (χ1) is 13.7. The first-order valence-corrected chi connectivity index (χ1v) is 11.3. The molecule has 5 nitrogen and oxygen atoms in total. The van der Waals surface area contributed by atoms with Crippen LogP contribution in [0.5, 0.6) is 0 Å². The highest BCUT2D eigenvalue weighted by molar-refractivity contribution is 5.92. The van der Waals surface area contributed by atoms with Crippen molar-refractivity contribution in [2.75, 3.05) is 7.11 Å². The average Bonchev–Trinajstić information content (AvgIpc) is 3.22. The summed E-state index contributed by atoms with van der Waals surface area (Å²) in [5, 5.41) is 0. The minimum absolute atomic E-state index is 0.00741. The third-order valence-corrected chi connectivity index (χ3v) is 9.85. The summed E-state index contributed by atoms with van der Waals surface area (Å²) in [5.41, 5.74) is 0.732. The van der Waals surface area contributed by atoms with Gasteiger partial charge in [0.15, 0.2) is 5.78 Å². The van der Waals surface area contributed by atoms with Gasteiger partial charge in [-0.2, -0.15) is 0 Å². The van der Waals surface area contributed by atoms with E-state index in [1.807, 2.05) is 6.08 Å². The number of hydrogen-bond donors (Lipinski definition) is 0. The van der Waals surface area contributed by atoms with Crippen molar-refractivity contribution in [1.82, 2.24) is 0 Å². The highest BCUT2D eigenvalue weighted by Crippen LogP contribution is 2.70. The highest BCUT2D eigenvalue weighted by atomic mass is 16.6. The number of carbonyl (C=O) groups excluding carboxylic acids is 3. The largest absolute Gasteiger partial charge is 0.469 e. The molecular weight excluding hydrogens is 368 g/mol. The molecule has 5 heteroatoms. The van der Waals surface area contributed by atoms with Crippen molar-refractivity contribution in [1.29, 1.82) is 0 Å². The summed E-state index contributed by atoms with van der Waals surface area (Å²) >= 11 is 0. The average molecular weight is 401 g/mol. The fourth-order valence-electron chi connectivity index (χ4n) is 8.25. The van der Waals surface area contributed by atoms with E-state index in [1.165, 1.54) is 7.11 Å². The Balaban J connectivity index is 1.58. The number of ether oxygens (including phenoxy) is 2. The second kappa shape index (κ2) is 6.18. The summed E-state index contributed by atoms with van der Waals surface area (Å²) in [6.07, 6.45) is 9.25. The Morgan fingerprint density at radius 3 is 2.52 bits per heavy atom. The summed E-state index contributed by atoms with van der Waals surface area (Å²) < 4.78 is 11.3. The minimum atomic E-state index is -0.347. The van der Waals surface area contributed by atoms with Crippen molar-refractivity contribution in [2.45, 2.75) is 77.2 Å². The Kier molecular flexibility index (Phi) is 4.12. The van der Waals surface area contributed by atoms with E-state index in [4.69, 9.17) is 9.47 Å². The number of rotatable bonds is 1. The van der Waals surface area contributed by atoms with Gasteiger partial charge in [-0.15, -0.1) is 0 Å². The molecule has 3 saturated carbocycles. The summed E-state index contributed by atoms with van der Waals surface area (Å²) in [4.78, 5) is 37.1. The smallest absolute Gasteiger partial charge is 0.309 e. The van der Waals surface area contributed by atoms with Crippen molar-refractivity contribution in [3.05, 3.63) is 11.6 Å². The molecule has 0 aromatic heterocycles. The number of esters is 2. The standard InChI is InChI=1S/C24H32O5/c1-22-8-4-15(25)12-14(22)13-16(21(27)28-3)20-17(22)5-9-23(2)18(20)6-10-24(23)11-7-19(26)29-24/h12,16-18,20H,4-11,13H2,1-3H3/t16-,17-,18-,20?,22-,23-,24-/m0/s1. The molecule has 1 saturated heterocycles. The molecule has 1 heterocycles. The van der Waals surface area contributed by atoms with Gasteiger partial charge in [0, 0.05) is 18.3 Å². The van der Waals surface area contributed by atoms with Crippen LogP contribution in [0.2, 0.25) is 0 Å². The maximum atomic E-state index is 12.9. The number of ketones is 1. The molecule has 4 aliphatic carbocycles. The number of allylic oxidation sites excluding steroid dienone is 1. The molecule has 4 fully saturated rings. The Labute approximate surface area is 172 Å². The zero-order valence-electron chi connectivity index (χ0n) is 17.8. The lowest BCUT2D eigenvalue weighted by atomic mass is 9.44. The lowest BCUT2D eigenvalue weighted by Crippen LogP contribution is -2.58. The molecular formula is C24H32O5. The summed E-state index contributed by atoms with van der Waals surface area (Å²) in [7, 11) is 1.47. The summed E-state index contributed by atoms with van der Waals surface area (Å²) in [5.74, 6) is 0.747. The first kappa shape index (κ1) is 19.3. The van der Waals surface area contributed by atoms with Gasteiger partial charge in [0.05, 0.1) is 13.0 Å². The summed E-state index contributed by atoms with van der Waals surface area (Å²) in [6, 6.07) is 0. The molecule has 7 atom stereocenters. The molecule has 158 valence electrons. The third-order valence-electron chi connectivity index (χ3n) is 9.85. The zero-order chi connectivity index (χ0) is 20.6. The van der Waals surface area contributed by atoms with Crippen LogP contribution in [0.15, 0.2) is 11.6 Å². The molecule has 5 rings (SSSR count). The van der Waals surface area contributed by atoms with Crippen molar-refractivity contribution >= 4 is 17.7 Å². The van der Waals surface area contributed by atoms with Gasteiger partial charge in [0.2, 0.25) is 0 Å². The fourth-order valence-corrected chi connectivity index (χ4v) is 8.25. The van der Waals surface area contributed by atoms with Crippen molar-refractivity contribution in [3.63, 3.8) is 0 Å². The molecule has 1 spiro atoms. The molecule has 0 radical (unpaired) electrons. The zero-order valence-corrected chi connectivity index (χ0v) is 17.8. The van der Waals surface area contributed by atoms with Gasteiger partial charge in [-0.1, -0.05) is 19.4 Å². The quantitative estimate of drug-likeness (QED) is 0.623. The van der Waals surface area contributed by atoms with Gasteiger partial charge >= 0.3 is 11.9 Å². The molecule has 0 N–H and O–H groups in total. The maximum absolute atomic E-state index is 12.9. The van der Waals surface area contributed by atoms with Crippen molar-refractivity contribution in [3.8, 4) is 0 Å². The van der Waals surface area contributed by atoms with Gasteiger partial charge in [0.25, 0.3) is 0 Å². The van der Waals surface area contributed by atoms with Gasteiger partial charge < -0.3 is 9.47 Å². The van der Waals surface area contributed by atoms with Crippen LogP contribution < -0.4 is 0 Å². The van der Waals surface area contributed by atoms with Crippen LogP contribution in [-0.2, 0) is 23.9 Å². The normalized spacial score (nSPS) is 48.4. The third kappa shape index (κ3) is 2.42. The first-order valence-electron chi connectivity index (χ1n) is 11.3. The number of methoxy groups -OCH3 is 1. The van der Waals surface area contributed by atoms with Crippen LogP contribution in [-0.4, -0.2) is 30.4 Å². The van der Waals surface area contributed by atoms with Gasteiger partial charge in [-0.05, 0) is 74.2 Å². The molecule has 0 bridgehead atoms. The van der Waals surface area contributed by atoms with Gasteiger partial charge in [-0.25, -0.2) is 0 Å². The Morgan fingerprint density at radius 1 is 1.07 bits per heavy atom. The van der Waals surface area contributed by atoms with E-state index in [0.717, 1.165) is 44.1 Å². The van der Waals surface area contributed by atoms with E-state index < -0.39 is 0 Å². The molecule has 0 aromatic carbocycles. The Morgan fingerprint density at radius 2 is 1.83 bits per heavy atom. The molecule has 0 amide bonds. The van der Waals surface area contributed by atoms with Crippen molar-refractivity contribution in [2.24, 2.45) is 34.5 Å². The van der Waals surface area contributed by atoms with E-state index in [1.54, 1.807) is 0 Å². The Hall–Kier alpha value is -1.65. The topological polar surface area (TPSA) is 69.7 Å². The highest BCUT2D eigenvalue weighted by Gasteiger charge is 2.69.